The van der Waals surface area contributed by atoms with Crippen molar-refractivity contribution in [2.45, 2.75) is 34.1 Å². The smallest absolute Gasteiger partial charge is 0.0227 e. The largest absolute Gasteiger partial charge is 0.302 e. The van der Waals surface area contributed by atoms with E-state index in [0.717, 1.165) is 12.5 Å². The zero-order valence-electron chi connectivity index (χ0n) is 10.4. The number of hydrogen-bond donors (Lipinski definition) is 0. The van der Waals surface area contributed by atoms with Gasteiger partial charge in [-0.3, -0.25) is 0 Å². The summed E-state index contributed by atoms with van der Waals surface area (Å²) in [7, 11) is 2.19. The molecule has 1 nitrogen and oxygen atoms in total. The summed E-state index contributed by atoms with van der Waals surface area (Å²) >= 11 is 0. The molecule has 1 heteroatoms. The molecule has 0 aliphatic rings. The summed E-state index contributed by atoms with van der Waals surface area (Å²) in [5.74, 6) is 0.795. The maximum atomic E-state index is 2.39. The highest BCUT2D eigenvalue weighted by molar-refractivity contribution is 5.18. The standard InChI is InChI=1S/C13H25N/c1-6-9-13(8-3)11-14(5)10-12(4)7-2/h6,8-9,12H,7,10-11H2,1-5H3/b9-6-,13-8+. The molecule has 14 heavy (non-hydrogen) atoms. The Hall–Kier alpha value is -0.560. The van der Waals surface area contributed by atoms with Gasteiger partial charge in [-0.25, -0.2) is 0 Å². The van der Waals surface area contributed by atoms with Crippen molar-refractivity contribution < 1.29 is 0 Å². The monoisotopic (exact) mass is 195 g/mol. The van der Waals surface area contributed by atoms with Gasteiger partial charge in [0.2, 0.25) is 0 Å². The van der Waals surface area contributed by atoms with E-state index >= 15 is 0 Å². The van der Waals surface area contributed by atoms with Gasteiger partial charge in [0.1, 0.15) is 0 Å². The minimum absolute atomic E-state index is 0.795. The predicted molar refractivity (Wildman–Crippen MR) is 65.5 cm³/mol. The Labute approximate surface area is 89.5 Å². The maximum Gasteiger partial charge on any atom is 0.0227 e. The van der Waals surface area contributed by atoms with Gasteiger partial charge in [-0.1, -0.05) is 38.5 Å². The molecule has 0 fully saturated rings. The Bertz CT molecular complexity index is 191. The van der Waals surface area contributed by atoms with Crippen LogP contribution in [0.15, 0.2) is 23.8 Å². The van der Waals surface area contributed by atoms with E-state index in [2.05, 4.69) is 57.9 Å². The fraction of sp³-hybridized carbons (Fsp3) is 0.692. The van der Waals surface area contributed by atoms with Crippen molar-refractivity contribution >= 4 is 0 Å². The fourth-order valence-corrected chi connectivity index (χ4v) is 1.49. The van der Waals surface area contributed by atoms with Gasteiger partial charge in [0.25, 0.3) is 0 Å². The lowest BCUT2D eigenvalue weighted by atomic mass is 10.1. The zero-order chi connectivity index (χ0) is 11.0. The number of allylic oxidation sites excluding steroid dienone is 2. The Morgan fingerprint density at radius 3 is 2.43 bits per heavy atom. The maximum absolute atomic E-state index is 2.39. The quantitative estimate of drug-likeness (QED) is 0.586. The average Bonchev–Trinajstić information content (AvgIpc) is 2.16. The predicted octanol–water partition coefficient (Wildman–Crippen LogP) is 3.49. The summed E-state index contributed by atoms with van der Waals surface area (Å²) in [6, 6.07) is 0. The SMILES string of the molecule is C/C=C\C(=C/C)CN(C)CC(C)CC. The summed E-state index contributed by atoms with van der Waals surface area (Å²) in [5.41, 5.74) is 1.40. The second-order valence-corrected chi connectivity index (χ2v) is 4.07. The summed E-state index contributed by atoms with van der Waals surface area (Å²) in [5, 5.41) is 0. The van der Waals surface area contributed by atoms with Gasteiger partial charge < -0.3 is 4.90 Å². The van der Waals surface area contributed by atoms with E-state index in [1.807, 2.05) is 0 Å². The minimum atomic E-state index is 0.795. The third kappa shape index (κ3) is 5.98. The molecule has 0 saturated carbocycles. The first-order valence-electron chi connectivity index (χ1n) is 5.60. The first-order valence-corrected chi connectivity index (χ1v) is 5.60. The Kier molecular flexibility index (Phi) is 7.50. The lowest BCUT2D eigenvalue weighted by Gasteiger charge is -2.20. The molecule has 0 aliphatic heterocycles. The summed E-state index contributed by atoms with van der Waals surface area (Å²) in [6.45, 7) is 11.0. The van der Waals surface area contributed by atoms with Crippen LogP contribution in [-0.2, 0) is 0 Å². The molecule has 0 aliphatic carbocycles. The lowest BCUT2D eigenvalue weighted by Crippen LogP contribution is -2.25. The van der Waals surface area contributed by atoms with E-state index in [4.69, 9.17) is 0 Å². The van der Waals surface area contributed by atoms with Gasteiger partial charge in [-0.15, -0.1) is 0 Å². The Balaban J connectivity index is 3.97. The number of likely N-dealkylation sites (N-methyl/N-ethyl adjacent to an activating group) is 1. The molecule has 0 aromatic heterocycles. The fourth-order valence-electron chi connectivity index (χ4n) is 1.49. The third-order valence-corrected chi connectivity index (χ3v) is 2.52. The minimum Gasteiger partial charge on any atom is -0.302 e. The van der Waals surface area contributed by atoms with Crippen molar-refractivity contribution in [1.29, 1.82) is 0 Å². The summed E-state index contributed by atoms with van der Waals surface area (Å²) in [4.78, 5) is 2.39. The van der Waals surface area contributed by atoms with Gasteiger partial charge in [-0.05, 0) is 32.4 Å². The van der Waals surface area contributed by atoms with Crippen LogP contribution in [0.3, 0.4) is 0 Å². The highest BCUT2D eigenvalue weighted by atomic mass is 15.1. The molecule has 1 atom stereocenters. The van der Waals surface area contributed by atoms with Gasteiger partial charge in [-0.2, -0.15) is 0 Å². The molecule has 1 unspecified atom stereocenters. The van der Waals surface area contributed by atoms with Crippen molar-refractivity contribution in [3.8, 4) is 0 Å². The number of nitrogens with zero attached hydrogens (tertiary/aromatic N) is 1. The van der Waals surface area contributed by atoms with Crippen molar-refractivity contribution in [2.24, 2.45) is 5.92 Å². The van der Waals surface area contributed by atoms with Crippen molar-refractivity contribution in [2.75, 3.05) is 20.1 Å². The van der Waals surface area contributed by atoms with E-state index in [9.17, 15) is 0 Å². The van der Waals surface area contributed by atoms with Crippen molar-refractivity contribution in [1.82, 2.24) is 4.90 Å². The van der Waals surface area contributed by atoms with Crippen LogP contribution in [0.5, 0.6) is 0 Å². The van der Waals surface area contributed by atoms with E-state index in [1.54, 1.807) is 0 Å². The van der Waals surface area contributed by atoms with Crippen LogP contribution < -0.4 is 0 Å². The van der Waals surface area contributed by atoms with E-state index < -0.39 is 0 Å². The molecule has 0 aromatic carbocycles. The second kappa shape index (κ2) is 7.81. The molecule has 0 amide bonds. The molecule has 0 N–H and O–H groups in total. The van der Waals surface area contributed by atoms with Gasteiger partial charge in [0.05, 0.1) is 0 Å². The summed E-state index contributed by atoms with van der Waals surface area (Å²) < 4.78 is 0. The topological polar surface area (TPSA) is 3.24 Å². The van der Waals surface area contributed by atoms with E-state index in [0.29, 0.717) is 0 Å². The molecule has 0 bridgehead atoms. The van der Waals surface area contributed by atoms with Gasteiger partial charge in [0.15, 0.2) is 0 Å². The number of rotatable bonds is 6. The average molecular weight is 195 g/mol. The third-order valence-electron chi connectivity index (χ3n) is 2.52. The first kappa shape index (κ1) is 13.4. The normalized spacial score (nSPS) is 15.4. The molecule has 0 saturated heterocycles. The van der Waals surface area contributed by atoms with Gasteiger partial charge in [0, 0.05) is 13.1 Å². The van der Waals surface area contributed by atoms with Crippen LogP contribution in [-0.4, -0.2) is 25.0 Å². The van der Waals surface area contributed by atoms with E-state index in [1.165, 1.54) is 18.5 Å². The lowest BCUT2D eigenvalue weighted by molar-refractivity contribution is 0.304. The summed E-state index contributed by atoms with van der Waals surface area (Å²) in [6.07, 6.45) is 7.74. The van der Waals surface area contributed by atoms with Crippen molar-refractivity contribution in [3.63, 3.8) is 0 Å². The van der Waals surface area contributed by atoms with Crippen LogP contribution in [0.1, 0.15) is 34.1 Å². The molecular weight excluding hydrogens is 170 g/mol. The van der Waals surface area contributed by atoms with Crippen LogP contribution >= 0.6 is 0 Å². The Morgan fingerprint density at radius 1 is 1.36 bits per heavy atom. The van der Waals surface area contributed by atoms with Crippen LogP contribution in [0.2, 0.25) is 0 Å². The highest BCUT2D eigenvalue weighted by Crippen LogP contribution is 2.05. The first-order chi connectivity index (χ1) is 6.63. The van der Waals surface area contributed by atoms with Gasteiger partial charge >= 0.3 is 0 Å². The molecule has 0 radical (unpaired) electrons. The molecular formula is C13H25N. The van der Waals surface area contributed by atoms with Crippen LogP contribution in [0.25, 0.3) is 0 Å². The molecule has 0 heterocycles. The molecule has 0 spiro atoms. The zero-order valence-corrected chi connectivity index (χ0v) is 10.4. The highest BCUT2D eigenvalue weighted by Gasteiger charge is 2.04. The second-order valence-electron chi connectivity index (χ2n) is 4.07. The van der Waals surface area contributed by atoms with Crippen LogP contribution in [0.4, 0.5) is 0 Å². The molecule has 0 rings (SSSR count). The molecule has 82 valence electrons. The molecule has 0 aromatic rings. The van der Waals surface area contributed by atoms with Crippen LogP contribution in [0, 0.1) is 5.92 Å². The van der Waals surface area contributed by atoms with Crippen molar-refractivity contribution in [3.05, 3.63) is 23.8 Å². The Morgan fingerprint density at radius 2 is 2.00 bits per heavy atom. The van der Waals surface area contributed by atoms with E-state index in [-0.39, 0.29) is 0 Å². The number of hydrogen-bond acceptors (Lipinski definition) is 1.